The molecular formula is C16H16N4O. The minimum Gasteiger partial charge on any atom is -0.497 e. The molecule has 106 valence electrons. The van der Waals surface area contributed by atoms with Crippen LogP contribution in [0.1, 0.15) is 11.4 Å². The average molecular weight is 280 g/mol. The second-order valence-electron chi connectivity index (χ2n) is 4.84. The molecule has 0 N–H and O–H groups in total. The van der Waals surface area contributed by atoms with Gasteiger partial charge in [-0.1, -0.05) is 0 Å². The van der Waals surface area contributed by atoms with Crippen molar-refractivity contribution >= 4 is 0 Å². The fraction of sp³-hybridized carbons (Fsp3) is 0.188. The number of hydrogen-bond acceptors (Lipinski definition) is 4. The van der Waals surface area contributed by atoms with Crippen molar-refractivity contribution in [1.29, 1.82) is 0 Å². The molecule has 0 saturated heterocycles. The molecule has 5 nitrogen and oxygen atoms in total. The van der Waals surface area contributed by atoms with Gasteiger partial charge in [0.25, 0.3) is 0 Å². The summed E-state index contributed by atoms with van der Waals surface area (Å²) in [5.41, 5.74) is 3.83. The summed E-state index contributed by atoms with van der Waals surface area (Å²) in [6, 6.07) is 13.6. The van der Waals surface area contributed by atoms with E-state index in [0.29, 0.717) is 0 Å². The molecule has 21 heavy (non-hydrogen) atoms. The van der Waals surface area contributed by atoms with Gasteiger partial charge in [0, 0.05) is 11.3 Å². The van der Waals surface area contributed by atoms with E-state index in [1.807, 2.05) is 56.3 Å². The highest BCUT2D eigenvalue weighted by Gasteiger charge is 2.07. The molecule has 0 amide bonds. The second-order valence-corrected chi connectivity index (χ2v) is 4.84. The summed E-state index contributed by atoms with van der Waals surface area (Å²) in [5, 5.41) is 12.9. The van der Waals surface area contributed by atoms with Gasteiger partial charge in [0.2, 0.25) is 0 Å². The lowest BCUT2D eigenvalue weighted by molar-refractivity contribution is 0.415. The number of aromatic nitrogens is 4. The van der Waals surface area contributed by atoms with E-state index in [9.17, 15) is 0 Å². The van der Waals surface area contributed by atoms with Gasteiger partial charge in [-0.15, -0.1) is 10.2 Å². The smallest absolute Gasteiger partial charge is 0.175 e. The first-order chi connectivity index (χ1) is 10.2. The molecule has 0 fully saturated rings. The maximum atomic E-state index is 5.15. The van der Waals surface area contributed by atoms with Crippen molar-refractivity contribution in [3.05, 3.63) is 53.9 Å². The van der Waals surface area contributed by atoms with E-state index in [4.69, 9.17) is 4.74 Å². The van der Waals surface area contributed by atoms with Crippen LogP contribution in [0.5, 0.6) is 5.75 Å². The van der Waals surface area contributed by atoms with Crippen molar-refractivity contribution in [2.45, 2.75) is 13.8 Å². The molecular weight excluding hydrogens is 264 g/mol. The van der Waals surface area contributed by atoms with Crippen LogP contribution in [0.3, 0.4) is 0 Å². The van der Waals surface area contributed by atoms with Gasteiger partial charge in [0.15, 0.2) is 5.82 Å². The number of benzene rings is 1. The minimum absolute atomic E-state index is 0.720. The Morgan fingerprint density at radius 1 is 0.952 bits per heavy atom. The Balaban J connectivity index is 1.91. The maximum Gasteiger partial charge on any atom is 0.175 e. The third-order valence-corrected chi connectivity index (χ3v) is 3.26. The maximum absolute atomic E-state index is 5.15. The first-order valence-corrected chi connectivity index (χ1v) is 6.69. The highest BCUT2D eigenvalue weighted by Crippen LogP contribution is 2.20. The van der Waals surface area contributed by atoms with Gasteiger partial charge in [-0.05, 0) is 56.3 Å². The van der Waals surface area contributed by atoms with Gasteiger partial charge in [0.1, 0.15) is 5.75 Å². The van der Waals surface area contributed by atoms with E-state index in [1.54, 1.807) is 11.8 Å². The molecule has 5 heteroatoms. The van der Waals surface area contributed by atoms with E-state index in [-0.39, 0.29) is 0 Å². The molecule has 0 aliphatic rings. The lowest BCUT2D eigenvalue weighted by Crippen LogP contribution is -2.03. The predicted molar refractivity (Wildman–Crippen MR) is 80.6 cm³/mol. The standard InChI is InChI=1S/C16H16N4O/c1-11-10-12(2)20(19-11)16-9-8-15(17-18-16)13-4-6-14(21-3)7-5-13/h4-10H,1-3H3. The van der Waals surface area contributed by atoms with Crippen LogP contribution in [-0.4, -0.2) is 27.1 Å². The van der Waals surface area contributed by atoms with Gasteiger partial charge in [-0.25, -0.2) is 4.68 Å². The number of methoxy groups -OCH3 is 1. The quantitative estimate of drug-likeness (QED) is 0.740. The molecule has 0 saturated carbocycles. The van der Waals surface area contributed by atoms with Crippen molar-refractivity contribution < 1.29 is 4.74 Å². The molecule has 0 atom stereocenters. The fourth-order valence-corrected chi connectivity index (χ4v) is 2.21. The van der Waals surface area contributed by atoms with Crippen molar-refractivity contribution in [3.8, 4) is 22.8 Å². The molecule has 0 aliphatic heterocycles. The molecule has 0 spiro atoms. The van der Waals surface area contributed by atoms with Crippen molar-refractivity contribution in [2.75, 3.05) is 7.11 Å². The van der Waals surface area contributed by atoms with Crippen LogP contribution in [0.2, 0.25) is 0 Å². The Kier molecular flexibility index (Phi) is 3.39. The van der Waals surface area contributed by atoms with Crippen LogP contribution in [0.25, 0.3) is 17.1 Å². The Hall–Kier alpha value is -2.69. The van der Waals surface area contributed by atoms with E-state index >= 15 is 0 Å². The van der Waals surface area contributed by atoms with Crippen LogP contribution < -0.4 is 4.74 Å². The third-order valence-electron chi connectivity index (χ3n) is 3.26. The van der Waals surface area contributed by atoms with Gasteiger partial charge in [-0.2, -0.15) is 5.10 Å². The van der Waals surface area contributed by atoms with Gasteiger partial charge < -0.3 is 4.74 Å². The van der Waals surface area contributed by atoms with Crippen LogP contribution in [0, 0.1) is 13.8 Å². The third kappa shape index (κ3) is 2.63. The SMILES string of the molecule is COc1ccc(-c2ccc(-n3nc(C)cc3C)nn2)cc1. The zero-order valence-electron chi connectivity index (χ0n) is 12.2. The number of aryl methyl sites for hydroxylation is 2. The Morgan fingerprint density at radius 2 is 1.71 bits per heavy atom. The summed E-state index contributed by atoms with van der Waals surface area (Å²) in [7, 11) is 1.65. The predicted octanol–water partition coefficient (Wildman–Crippen LogP) is 2.95. The van der Waals surface area contributed by atoms with Gasteiger partial charge in [-0.3, -0.25) is 0 Å². The fourth-order valence-electron chi connectivity index (χ4n) is 2.21. The van der Waals surface area contributed by atoms with Crippen molar-refractivity contribution in [3.63, 3.8) is 0 Å². The second kappa shape index (κ2) is 5.36. The van der Waals surface area contributed by atoms with E-state index in [2.05, 4.69) is 15.3 Å². The summed E-state index contributed by atoms with van der Waals surface area (Å²) < 4.78 is 6.94. The van der Waals surface area contributed by atoms with E-state index < -0.39 is 0 Å². The van der Waals surface area contributed by atoms with Crippen molar-refractivity contribution in [1.82, 2.24) is 20.0 Å². The first-order valence-electron chi connectivity index (χ1n) is 6.69. The summed E-state index contributed by atoms with van der Waals surface area (Å²) >= 11 is 0. The van der Waals surface area contributed by atoms with Gasteiger partial charge in [0.05, 0.1) is 18.5 Å². The molecule has 0 aliphatic carbocycles. The number of nitrogens with zero attached hydrogens (tertiary/aromatic N) is 4. The van der Waals surface area contributed by atoms with Crippen LogP contribution in [0.4, 0.5) is 0 Å². The first kappa shape index (κ1) is 13.3. The molecule has 2 heterocycles. The normalized spacial score (nSPS) is 10.6. The molecule has 0 unspecified atom stereocenters. The molecule has 2 aromatic heterocycles. The van der Waals surface area contributed by atoms with E-state index in [1.165, 1.54) is 0 Å². The number of ether oxygens (including phenoxy) is 1. The highest BCUT2D eigenvalue weighted by atomic mass is 16.5. The van der Waals surface area contributed by atoms with Crippen molar-refractivity contribution in [2.24, 2.45) is 0 Å². The Bertz CT molecular complexity index is 745. The number of rotatable bonds is 3. The summed E-state index contributed by atoms with van der Waals surface area (Å²) in [6.45, 7) is 3.96. The molecule has 3 aromatic rings. The molecule has 1 aromatic carbocycles. The highest BCUT2D eigenvalue weighted by molar-refractivity contribution is 5.59. The monoisotopic (exact) mass is 280 g/mol. The lowest BCUT2D eigenvalue weighted by Gasteiger charge is -2.05. The van der Waals surface area contributed by atoms with Crippen LogP contribution in [-0.2, 0) is 0 Å². The number of hydrogen-bond donors (Lipinski definition) is 0. The summed E-state index contributed by atoms with van der Waals surface area (Å²) in [6.07, 6.45) is 0. The Morgan fingerprint density at radius 3 is 2.24 bits per heavy atom. The molecule has 0 radical (unpaired) electrons. The lowest BCUT2D eigenvalue weighted by atomic mass is 10.1. The summed E-state index contributed by atoms with van der Waals surface area (Å²) in [4.78, 5) is 0. The van der Waals surface area contributed by atoms with Crippen LogP contribution >= 0.6 is 0 Å². The van der Waals surface area contributed by atoms with E-state index in [0.717, 1.165) is 34.2 Å². The zero-order chi connectivity index (χ0) is 14.8. The average Bonchev–Trinajstić information content (AvgIpc) is 2.86. The molecule has 0 bridgehead atoms. The summed E-state index contributed by atoms with van der Waals surface area (Å²) in [5.74, 6) is 1.55. The zero-order valence-corrected chi connectivity index (χ0v) is 12.2. The Labute approximate surface area is 123 Å². The largest absolute Gasteiger partial charge is 0.497 e. The van der Waals surface area contributed by atoms with Crippen LogP contribution in [0.15, 0.2) is 42.5 Å². The van der Waals surface area contributed by atoms with Gasteiger partial charge >= 0.3 is 0 Å². The topological polar surface area (TPSA) is 52.8 Å². The molecule has 3 rings (SSSR count). The minimum atomic E-state index is 0.720.